The second-order valence-corrected chi connectivity index (χ2v) is 10.7. The first-order chi connectivity index (χ1) is 18.9. The number of rotatable bonds is 9. The van der Waals surface area contributed by atoms with Crippen LogP contribution in [0.5, 0.6) is 17.5 Å². The first kappa shape index (κ1) is 27.0. The summed E-state index contributed by atoms with van der Waals surface area (Å²) >= 11 is 0. The molecule has 10 nitrogen and oxygen atoms in total. The molecule has 0 atom stereocenters. The van der Waals surface area contributed by atoms with Crippen molar-refractivity contribution >= 4 is 6.41 Å². The van der Waals surface area contributed by atoms with Crippen LogP contribution in [-0.4, -0.2) is 97.0 Å². The van der Waals surface area contributed by atoms with Crippen molar-refractivity contribution in [2.24, 2.45) is 5.92 Å². The average Bonchev–Trinajstić information content (AvgIpc) is 3.33. The van der Waals surface area contributed by atoms with E-state index >= 15 is 0 Å². The molecule has 10 heteroatoms. The normalized spacial score (nSPS) is 17.5. The Balaban J connectivity index is 1.21. The zero-order valence-corrected chi connectivity index (χ0v) is 22.5. The van der Waals surface area contributed by atoms with Gasteiger partial charge in [-0.3, -0.25) is 9.69 Å². The van der Waals surface area contributed by atoms with Crippen molar-refractivity contribution in [3.05, 3.63) is 47.5 Å². The molecule has 208 valence electrons. The van der Waals surface area contributed by atoms with Crippen molar-refractivity contribution < 1.29 is 20.1 Å². The van der Waals surface area contributed by atoms with Crippen LogP contribution in [0.2, 0.25) is 0 Å². The van der Waals surface area contributed by atoms with Crippen molar-refractivity contribution in [1.29, 1.82) is 0 Å². The van der Waals surface area contributed by atoms with E-state index in [1.54, 1.807) is 6.07 Å². The lowest BCUT2D eigenvalue weighted by Gasteiger charge is -2.38. The van der Waals surface area contributed by atoms with Gasteiger partial charge in [-0.15, -0.1) is 5.10 Å². The van der Waals surface area contributed by atoms with Gasteiger partial charge in [0.25, 0.3) is 0 Å². The van der Waals surface area contributed by atoms with Crippen LogP contribution in [0.25, 0.3) is 17.1 Å². The largest absolute Gasteiger partial charge is 0.508 e. The van der Waals surface area contributed by atoms with E-state index < -0.39 is 0 Å². The minimum Gasteiger partial charge on any atom is -0.508 e. The summed E-state index contributed by atoms with van der Waals surface area (Å²) < 4.78 is 1.50. The fourth-order valence-electron chi connectivity index (χ4n) is 5.70. The molecule has 3 N–H and O–H groups in total. The van der Waals surface area contributed by atoms with Gasteiger partial charge < -0.3 is 25.1 Å². The molecular formula is C29H38N6O4. The third-order valence-corrected chi connectivity index (χ3v) is 7.98. The van der Waals surface area contributed by atoms with Gasteiger partial charge in [0.05, 0.1) is 11.3 Å². The number of aromatic hydroxyl groups is 3. The quantitative estimate of drug-likeness (QED) is 0.359. The van der Waals surface area contributed by atoms with Crippen molar-refractivity contribution in [3.8, 4) is 34.6 Å². The third kappa shape index (κ3) is 6.17. The Kier molecular flexibility index (Phi) is 8.33. The van der Waals surface area contributed by atoms with Gasteiger partial charge in [0.1, 0.15) is 11.5 Å². The number of benzene rings is 2. The highest BCUT2D eigenvalue weighted by Crippen LogP contribution is 2.37. The summed E-state index contributed by atoms with van der Waals surface area (Å²) in [6, 6.07) is 10.7. The number of likely N-dealkylation sites (tertiary alicyclic amines) is 1. The van der Waals surface area contributed by atoms with Gasteiger partial charge in [-0.2, -0.15) is 0 Å². The molecule has 0 unspecified atom stereocenters. The summed E-state index contributed by atoms with van der Waals surface area (Å²) in [6.45, 7) is 9.91. The maximum absolute atomic E-state index is 10.9. The van der Waals surface area contributed by atoms with Gasteiger partial charge in [-0.25, -0.2) is 4.57 Å². The minimum atomic E-state index is -0.268. The summed E-state index contributed by atoms with van der Waals surface area (Å²) in [5.74, 6) is 0.908. The lowest BCUT2D eigenvalue weighted by Crippen LogP contribution is -2.48. The fraction of sp³-hybridized carbons (Fsp3) is 0.483. The van der Waals surface area contributed by atoms with Crippen molar-refractivity contribution in [1.82, 2.24) is 29.5 Å². The molecule has 0 saturated carbocycles. The molecule has 2 fully saturated rings. The Labute approximate surface area is 229 Å². The molecule has 0 bridgehead atoms. The van der Waals surface area contributed by atoms with Crippen LogP contribution in [0.15, 0.2) is 36.4 Å². The first-order valence-electron chi connectivity index (χ1n) is 13.9. The molecule has 1 amide bonds. The van der Waals surface area contributed by atoms with E-state index in [4.69, 9.17) is 0 Å². The van der Waals surface area contributed by atoms with Gasteiger partial charge in [0.15, 0.2) is 5.82 Å². The zero-order chi connectivity index (χ0) is 27.4. The Morgan fingerprint density at radius 1 is 0.897 bits per heavy atom. The predicted molar refractivity (Wildman–Crippen MR) is 148 cm³/mol. The highest BCUT2D eigenvalue weighted by molar-refractivity contribution is 5.69. The van der Waals surface area contributed by atoms with Gasteiger partial charge in [-0.1, -0.05) is 30.6 Å². The summed E-state index contributed by atoms with van der Waals surface area (Å²) in [5.41, 5.74) is 2.98. The number of aryl methyl sites for hydroxylation is 1. The second kappa shape index (κ2) is 12.0. The highest BCUT2D eigenvalue weighted by Gasteiger charge is 2.24. The number of hydrogen-bond donors (Lipinski definition) is 3. The number of piperidine rings is 1. The molecule has 2 aromatic carbocycles. The zero-order valence-electron chi connectivity index (χ0n) is 22.5. The molecule has 0 radical (unpaired) electrons. The van der Waals surface area contributed by atoms with Crippen LogP contribution < -0.4 is 0 Å². The predicted octanol–water partition coefficient (Wildman–Crippen LogP) is 2.99. The molecule has 5 rings (SSSR count). The van der Waals surface area contributed by atoms with E-state index in [-0.39, 0.29) is 17.5 Å². The smallest absolute Gasteiger partial charge is 0.319 e. The maximum Gasteiger partial charge on any atom is 0.319 e. The number of phenols is 2. The van der Waals surface area contributed by atoms with Crippen molar-refractivity contribution in [2.45, 2.75) is 39.2 Å². The average molecular weight is 535 g/mol. The molecule has 0 aliphatic carbocycles. The summed E-state index contributed by atoms with van der Waals surface area (Å²) in [7, 11) is 0. The Morgan fingerprint density at radius 2 is 1.59 bits per heavy atom. The number of hydrogen-bond acceptors (Lipinski definition) is 8. The molecule has 1 aromatic heterocycles. The molecule has 2 saturated heterocycles. The van der Waals surface area contributed by atoms with Gasteiger partial charge in [0, 0.05) is 58.4 Å². The number of carbonyl (C=O) groups is 1. The Hall–Kier alpha value is -3.63. The number of phenolic OH excluding ortho intramolecular Hbond substituents is 2. The van der Waals surface area contributed by atoms with E-state index in [9.17, 15) is 20.1 Å². The summed E-state index contributed by atoms with van der Waals surface area (Å²) in [6.07, 6.45) is 4.67. The number of carbonyl (C=O) groups excluding carboxylic acids is 1. The molecule has 3 aromatic rings. The Morgan fingerprint density at radius 3 is 2.26 bits per heavy atom. The van der Waals surface area contributed by atoms with Crippen LogP contribution >= 0.6 is 0 Å². The van der Waals surface area contributed by atoms with Crippen LogP contribution in [-0.2, 0) is 17.8 Å². The van der Waals surface area contributed by atoms with Crippen LogP contribution in [0.4, 0.5) is 0 Å². The molecular weight excluding hydrogens is 496 g/mol. The maximum atomic E-state index is 10.9. The fourth-order valence-corrected chi connectivity index (χ4v) is 5.70. The number of amides is 1. The van der Waals surface area contributed by atoms with Crippen LogP contribution in [0.1, 0.15) is 37.3 Å². The molecule has 2 aliphatic heterocycles. The second-order valence-electron chi connectivity index (χ2n) is 10.7. The molecule has 3 heterocycles. The van der Waals surface area contributed by atoms with Crippen LogP contribution in [0.3, 0.4) is 0 Å². The SMILES string of the molecule is CCCc1cc(-c2nnc(O)n2-c2ccc(CN3CCN(CC4CCN(C=O)CC4)CC3)cc2)c(O)cc1O. The standard InChI is InChI=1S/C29H38N6O4/c1-2-3-23-16-25(27(38)17-26(23)37)28-30-31-29(39)35(28)24-6-4-21(5-7-24)18-32-12-14-33(15-13-32)19-22-8-10-34(20-36)11-9-22/h4-7,16-17,20,22,37-38H,2-3,8-15,18-19H2,1H3,(H,31,39). The number of aromatic nitrogens is 3. The lowest BCUT2D eigenvalue weighted by molar-refractivity contribution is -0.119. The third-order valence-electron chi connectivity index (χ3n) is 7.98. The molecule has 39 heavy (non-hydrogen) atoms. The first-order valence-corrected chi connectivity index (χ1v) is 13.9. The summed E-state index contributed by atoms with van der Waals surface area (Å²) in [4.78, 5) is 17.8. The van der Waals surface area contributed by atoms with E-state index in [2.05, 4.69) is 20.0 Å². The topological polar surface area (TPSA) is 118 Å². The molecule has 0 spiro atoms. The van der Waals surface area contributed by atoms with E-state index in [1.807, 2.05) is 36.1 Å². The van der Waals surface area contributed by atoms with Gasteiger partial charge in [0.2, 0.25) is 6.41 Å². The van der Waals surface area contributed by atoms with E-state index in [1.165, 1.54) is 16.2 Å². The monoisotopic (exact) mass is 534 g/mol. The van der Waals surface area contributed by atoms with Gasteiger partial charge in [-0.05, 0) is 54.5 Å². The number of piperazine rings is 1. The van der Waals surface area contributed by atoms with Crippen molar-refractivity contribution in [2.75, 3.05) is 45.8 Å². The molecule has 2 aliphatic rings. The summed E-state index contributed by atoms with van der Waals surface area (Å²) in [5, 5.41) is 39.2. The van der Waals surface area contributed by atoms with Gasteiger partial charge >= 0.3 is 6.01 Å². The van der Waals surface area contributed by atoms with Crippen molar-refractivity contribution in [3.63, 3.8) is 0 Å². The highest BCUT2D eigenvalue weighted by atomic mass is 16.3. The Bertz CT molecular complexity index is 1260. The van der Waals surface area contributed by atoms with E-state index in [0.29, 0.717) is 35.0 Å². The van der Waals surface area contributed by atoms with E-state index in [0.717, 1.165) is 78.0 Å². The minimum absolute atomic E-state index is 0.0403. The lowest BCUT2D eigenvalue weighted by atomic mass is 9.96. The van der Waals surface area contributed by atoms with Crippen LogP contribution in [0, 0.1) is 5.92 Å². The number of nitrogens with zero attached hydrogens (tertiary/aromatic N) is 6.